The molecule has 23 heavy (non-hydrogen) atoms. The van der Waals surface area contributed by atoms with Gasteiger partial charge >= 0.3 is 0 Å². The second kappa shape index (κ2) is 11.2. The topological polar surface area (TPSA) is 77.2 Å². The number of carbonyl (C=O) groups is 1. The standard InChI is InChI=1S/C15H19N3O2S.2ClH/c1-2-20-12-6-4-11(5-7-12)15-18-13(10-21-15)14(19)17-9-3-8-16;;/h4-7,10H,2-3,8-9,16H2,1H3,(H,17,19);2*1H. The van der Waals surface area contributed by atoms with Crippen LogP contribution in [0.1, 0.15) is 23.8 Å². The number of rotatable bonds is 7. The molecular weight excluding hydrogens is 357 g/mol. The Morgan fingerprint density at radius 3 is 2.61 bits per heavy atom. The number of nitrogens with two attached hydrogens (primary N) is 1. The third kappa shape index (κ3) is 6.35. The van der Waals surface area contributed by atoms with Crippen molar-refractivity contribution in [2.24, 2.45) is 5.73 Å². The molecule has 0 saturated carbocycles. The fraction of sp³-hybridized carbons (Fsp3) is 0.333. The Morgan fingerprint density at radius 2 is 2.00 bits per heavy atom. The molecule has 0 aliphatic rings. The van der Waals surface area contributed by atoms with Gasteiger partial charge in [0, 0.05) is 17.5 Å². The van der Waals surface area contributed by atoms with Gasteiger partial charge in [0.05, 0.1) is 6.61 Å². The van der Waals surface area contributed by atoms with Crippen molar-refractivity contribution >= 4 is 42.1 Å². The van der Waals surface area contributed by atoms with Crippen LogP contribution in [-0.2, 0) is 0 Å². The van der Waals surface area contributed by atoms with Gasteiger partial charge in [0.1, 0.15) is 16.5 Å². The Bertz CT molecular complexity index is 591. The van der Waals surface area contributed by atoms with Gasteiger partial charge in [-0.05, 0) is 44.2 Å². The first-order valence-corrected chi connectivity index (χ1v) is 7.79. The molecule has 0 aliphatic carbocycles. The number of nitrogens with one attached hydrogen (secondary N) is 1. The number of thiazole rings is 1. The molecular formula is C15H21Cl2N3O2S. The van der Waals surface area contributed by atoms with E-state index in [9.17, 15) is 4.79 Å². The van der Waals surface area contributed by atoms with E-state index in [0.717, 1.165) is 22.7 Å². The largest absolute Gasteiger partial charge is 0.494 e. The van der Waals surface area contributed by atoms with E-state index in [2.05, 4.69) is 10.3 Å². The molecule has 2 aromatic rings. The fourth-order valence-electron chi connectivity index (χ4n) is 1.77. The maximum absolute atomic E-state index is 11.9. The van der Waals surface area contributed by atoms with Crippen LogP contribution >= 0.6 is 36.2 Å². The molecule has 0 radical (unpaired) electrons. The predicted molar refractivity (Wildman–Crippen MR) is 99.2 cm³/mol. The van der Waals surface area contributed by atoms with Crippen molar-refractivity contribution < 1.29 is 9.53 Å². The molecule has 0 saturated heterocycles. The van der Waals surface area contributed by atoms with Crippen LogP contribution in [-0.4, -0.2) is 30.6 Å². The van der Waals surface area contributed by atoms with Crippen LogP contribution < -0.4 is 15.8 Å². The highest BCUT2D eigenvalue weighted by atomic mass is 35.5. The van der Waals surface area contributed by atoms with E-state index in [1.165, 1.54) is 11.3 Å². The minimum atomic E-state index is -0.156. The Morgan fingerprint density at radius 1 is 1.30 bits per heavy atom. The number of ether oxygens (including phenoxy) is 1. The summed E-state index contributed by atoms with van der Waals surface area (Å²) in [7, 11) is 0. The van der Waals surface area contributed by atoms with Crippen molar-refractivity contribution in [2.75, 3.05) is 19.7 Å². The zero-order chi connectivity index (χ0) is 15.1. The normalized spacial score (nSPS) is 9.48. The SMILES string of the molecule is CCOc1ccc(-c2nc(C(=O)NCCCN)cs2)cc1.Cl.Cl. The van der Waals surface area contributed by atoms with Gasteiger partial charge in [-0.1, -0.05) is 0 Å². The average molecular weight is 378 g/mol. The number of nitrogens with zero attached hydrogens (tertiary/aromatic N) is 1. The minimum absolute atomic E-state index is 0. The lowest BCUT2D eigenvalue weighted by molar-refractivity contribution is 0.0949. The number of aromatic nitrogens is 1. The second-order valence-corrected chi connectivity index (χ2v) is 5.25. The summed E-state index contributed by atoms with van der Waals surface area (Å²) in [6.07, 6.45) is 0.766. The highest BCUT2D eigenvalue weighted by Crippen LogP contribution is 2.25. The third-order valence-corrected chi connectivity index (χ3v) is 3.71. The second-order valence-electron chi connectivity index (χ2n) is 4.39. The lowest BCUT2D eigenvalue weighted by Crippen LogP contribution is -2.26. The van der Waals surface area contributed by atoms with E-state index in [1.807, 2.05) is 31.2 Å². The molecule has 5 nitrogen and oxygen atoms in total. The molecule has 2 rings (SSSR count). The number of benzene rings is 1. The molecule has 0 fully saturated rings. The molecule has 1 heterocycles. The minimum Gasteiger partial charge on any atom is -0.494 e. The van der Waals surface area contributed by atoms with Crippen LogP contribution in [0, 0.1) is 0 Å². The molecule has 0 aliphatic heterocycles. The molecule has 128 valence electrons. The maximum atomic E-state index is 11.9. The Kier molecular flexibility index (Phi) is 10.6. The summed E-state index contributed by atoms with van der Waals surface area (Å²) in [4.78, 5) is 16.2. The molecule has 1 amide bonds. The van der Waals surface area contributed by atoms with Crippen LogP contribution in [0.4, 0.5) is 0 Å². The predicted octanol–water partition coefficient (Wildman–Crippen LogP) is 3.13. The summed E-state index contributed by atoms with van der Waals surface area (Å²) in [6.45, 7) is 3.73. The van der Waals surface area contributed by atoms with E-state index >= 15 is 0 Å². The third-order valence-electron chi connectivity index (χ3n) is 2.82. The van der Waals surface area contributed by atoms with Crippen molar-refractivity contribution in [1.82, 2.24) is 10.3 Å². The summed E-state index contributed by atoms with van der Waals surface area (Å²) >= 11 is 1.45. The molecule has 1 aromatic heterocycles. The average Bonchev–Trinajstić information content (AvgIpc) is 2.98. The van der Waals surface area contributed by atoms with E-state index < -0.39 is 0 Å². The van der Waals surface area contributed by atoms with Gasteiger partial charge in [-0.25, -0.2) is 4.98 Å². The maximum Gasteiger partial charge on any atom is 0.270 e. The van der Waals surface area contributed by atoms with Crippen molar-refractivity contribution in [3.05, 3.63) is 35.3 Å². The lowest BCUT2D eigenvalue weighted by atomic mass is 10.2. The van der Waals surface area contributed by atoms with Crippen LogP contribution in [0.25, 0.3) is 10.6 Å². The van der Waals surface area contributed by atoms with Crippen LogP contribution in [0.3, 0.4) is 0 Å². The van der Waals surface area contributed by atoms with Crippen molar-refractivity contribution in [2.45, 2.75) is 13.3 Å². The summed E-state index contributed by atoms with van der Waals surface area (Å²) in [5, 5.41) is 5.38. The quantitative estimate of drug-likeness (QED) is 0.726. The Labute approximate surface area is 152 Å². The van der Waals surface area contributed by atoms with Gasteiger partial charge in [0.15, 0.2) is 0 Å². The van der Waals surface area contributed by atoms with Crippen molar-refractivity contribution in [1.29, 1.82) is 0 Å². The summed E-state index contributed by atoms with van der Waals surface area (Å²) in [5.41, 5.74) is 6.81. The van der Waals surface area contributed by atoms with Gasteiger partial charge < -0.3 is 15.8 Å². The molecule has 3 N–H and O–H groups in total. The fourth-order valence-corrected chi connectivity index (χ4v) is 2.57. The van der Waals surface area contributed by atoms with Crippen LogP contribution in [0.5, 0.6) is 5.75 Å². The molecule has 1 aromatic carbocycles. The molecule has 0 unspecified atom stereocenters. The number of hydrogen-bond acceptors (Lipinski definition) is 5. The van der Waals surface area contributed by atoms with Gasteiger partial charge in [-0.3, -0.25) is 4.79 Å². The lowest BCUT2D eigenvalue weighted by Gasteiger charge is -2.03. The van der Waals surface area contributed by atoms with Gasteiger partial charge in [-0.15, -0.1) is 36.2 Å². The summed E-state index contributed by atoms with van der Waals surface area (Å²) in [5.74, 6) is 0.675. The van der Waals surface area contributed by atoms with Crippen molar-refractivity contribution in [3.8, 4) is 16.3 Å². The number of halogens is 2. The first-order valence-electron chi connectivity index (χ1n) is 6.91. The van der Waals surface area contributed by atoms with Crippen LogP contribution in [0.15, 0.2) is 29.6 Å². The number of carbonyl (C=O) groups excluding carboxylic acids is 1. The molecule has 0 spiro atoms. The van der Waals surface area contributed by atoms with E-state index in [-0.39, 0.29) is 30.7 Å². The smallest absolute Gasteiger partial charge is 0.270 e. The van der Waals surface area contributed by atoms with Gasteiger partial charge in [0.25, 0.3) is 5.91 Å². The van der Waals surface area contributed by atoms with E-state index in [1.54, 1.807) is 5.38 Å². The van der Waals surface area contributed by atoms with Gasteiger partial charge in [-0.2, -0.15) is 0 Å². The molecule has 0 bridgehead atoms. The molecule has 0 atom stereocenters. The summed E-state index contributed by atoms with van der Waals surface area (Å²) < 4.78 is 5.40. The monoisotopic (exact) mass is 377 g/mol. The van der Waals surface area contributed by atoms with Crippen molar-refractivity contribution in [3.63, 3.8) is 0 Å². The Hall–Kier alpha value is -1.34. The van der Waals surface area contributed by atoms with E-state index in [4.69, 9.17) is 10.5 Å². The first-order chi connectivity index (χ1) is 10.2. The molecule has 8 heteroatoms. The zero-order valence-electron chi connectivity index (χ0n) is 12.8. The van der Waals surface area contributed by atoms with Crippen LogP contribution in [0.2, 0.25) is 0 Å². The summed E-state index contributed by atoms with van der Waals surface area (Å²) in [6, 6.07) is 7.70. The van der Waals surface area contributed by atoms with Gasteiger partial charge in [0.2, 0.25) is 0 Å². The Balaban J connectivity index is 0.00000242. The number of hydrogen-bond donors (Lipinski definition) is 2. The zero-order valence-corrected chi connectivity index (χ0v) is 15.2. The first kappa shape index (κ1) is 21.7. The van der Waals surface area contributed by atoms with E-state index in [0.29, 0.717) is 25.4 Å². The number of amides is 1. The highest BCUT2D eigenvalue weighted by Gasteiger charge is 2.11. The highest BCUT2D eigenvalue weighted by molar-refractivity contribution is 7.13.